The van der Waals surface area contributed by atoms with Crippen LogP contribution in [0.1, 0.15) is 38.1 Å². The summed E-state index contributed by atoms with van der Waals surface area (Å²) in [6.07, 6.45) is 5.39. The quantitative estimate of drug-likeness (QED) is 0.458. The lowest BCUT2D eigenvalue weighted by Gasteiger charge is -2.21. The van der Waals surface area contributed by atoms with Crippen LogP contribution in [0.3, 0.4) is 0 Å². The van der Waals surface area contributed by atoms with Gasteiger partial charge in [-0.15, -0.1) is 11.8 Å². The highest BCUT2D eigenvalue weighted by Gasteiger charge is 2.30. The Labute approximate surface area is 146 Å². The first-order valence-corrected chi connectivity index (χ1v) is 8.66. The van der Waals surface area contributed by atoms with E-state index in [9.17, 15) is 9.59 Å². The fraction of sp³-hybridized carbons (Fsp3) is 0.389. The van der Waals surface area contributed by atoms with Gasteiger partial charge in [0.15, 0.2) is 0 Å². The molecule has 0 amide bonds. The zero-order valence-electron chi connectivity index (χ0n) is 14.5. The number of thioether (sulfide) groups is 1. The number of hydrogen-bond donors (Lipinski definition) is 0. The Morgan fingerprint density at radius 2 is 1.92 bits per heavy atom. The molecule has 0 saturated heterocycles. The molecule has 0 aliphatic rings. The second kappa shape index (κ2) is 7.66. The van der Waals surface area contributed by atoms with Crippen LogP contribution in [0.4, 0.5) is 0 Å². The molecule has 2 rings (SSSR count). The minimum Gasteiger partial charge on any atom is -0.465 e. The highest BCUT2D eigenvalue weighted by Crippen LogP contribution is 2.33. The Morgan fingerprint density at radius 3 is 2.46 bits per heavy atom. The van der Waals surface area contributed by atoms with E-state index in [-0.39, 0.29) is 11.9 Å². The second-order valence-electron chi connectivity index (χ2n) is 5.99. The largest absolute Gasteiger partial charge is 0.465 e. The average molecular weight is 347 g/mol. The predicted octanol–water partition coefficient (Wildman–Crippen LogP) is 2.92. The molecular weight excluding hydrogens is 324 g/mol. The maximum atomic E-state index is 12.0. The summed E-state index contributed by atoms with van der Waals surface area (Å²) in [6, 6.07) is 8.07. The number of nitrogens with zero attached hydrogens (tertiary/aromatic N) is 2. The molecule has 1 aromatic heterocycles. The molecule has 24 heavy (non-hydrogen) atoms. The molecule has 0 radical (unpaired) electrons. The Bertz CT molecular complexity index is 720. The molecule has 0 fully saturated rings. The van der Waals surface area contributed by atoms with E-state index in [1.807, 2.05) is 55.8 Å². The van der Waals surface area contributed by atoms with Gasteiger partial charge in [-0.25, -0.2) is 9.36 Å². The molecule has 0 aliphatic carbocycles. The third-order valence-corrected chi connectivity index (χ3v) is 4.67. The van der Waals surface area contributed by atoms with Gasteiger partial charge < -0.3 is 4.74 Å². The van der Waals surface area contributed by atoms with E-state index in [2.05, 4.69) is 0 Å². The number of carbonyl (C=O) groups excluding carboxylic acids is 2. The van der Waals surface area contributed by atoms with Crippen LogP contribution in [0.25, 0.3) is 0 Å². The summed E-state index contributed by atoms with van der Waals surface area (Å²) in [5.41, 5.74) is 1.12. The fourth-order valence-corrected chi connectivity index (χ4v) is 3.19. The maximum Gasteiger partial charge on any atom is 0.321 e. The van der Waals surface area contributed by atoms with E-state index >= 15 is 0 Å². The van der Waals surface area contributed by atoms with Crippen molar-refractivity contribution in [3.05, 3.63) is 48.5 Å². The van der Waals surface area contributed by atoms with Crippen molar-refractivity contribution in [1.82, 2.24) is 4.57 Å². The van der Waals surface area contributed by atoms with Crippen molar-refractivity contribution in [2.45, 2.75) is 43.9 Å². The molecule has 0 atom stereocenters. The average Bonchev–Trinajstić information content (AvgIpc) is 2.98. The van der Waals surface area contributed by atoms with E-state index < -0.39 is 4.75 Å². The van der Waals surface area contributed by atoms with Gasteiger partial charge in [0.1, 0.15) is 23.7 Å². The number of benzene rings is 1. The van der Waals surface area contributed by atoms with Crippen molar-refractivity contribution < 1.29 is 18.9 Å². The van der Waals surface area contributed by atoms with Crippen LogP contribution in [-0.4, -0.2) is 27.8 Å². The number of aromatic nitrogens is 2. The van der Waals surface area contributed by atoms with Gasteiger partial charge in [-0.3, -0.25) is 4.79 Å². The van der Waals surface area contributed by atoms with Crippen molar-refractivity contribution in [2.75, 3.05) is 6.61 Å². The molecule has 6 heteroatoms. The molecule has 1 aromatic carbocycles. The van der Waals surface area contributed by atoms with Crippen LogP contribution >= 0.6 is 11.8 Å². The summed E-state index contributed by atoms with van der Waals surface area (Å²) >= 11 is 1.49. The topological polar surface area (TPSA) is 52.2 Å². The van der Waals surface area contributed by atoms with Crippen molar-refractivity contribution in [1.29, 1.82) is 0 Å². The van der Waals surface area contributed by atoms with Gasteiger partial charge in [0.05, 0.1) is 6.61 Å². The summed E-state index contributed by atoms with van der Waals surface area (Å²) in [4.78, 5) is 24.3. The summed E-state index contributed by atoms with van der Waals surface area (Å²) < 4.78 is 7.99. The number of carbonyl (C=O) groups is 2. The van der Waals surface area contributed by atoms with Gasteiger partial charge in [0, 0.05) is 11.8 Å². The molecule has 0 unspecified atom stereocenters. The van der Waals surface area contributed by atoms with Gasteiger partial charge >= 0.3 is 11.9 Å². The third-order valence-electron chi connectivity index (χ3n) is 3.48. The highest BCUT2D eigenvalue weighted by atomic mass is 32.2. The van der Waals surface area contributed by atoms with Gasteiger partial charge in [-0.05, 0) is 38.5 Å². The smallest absolute Gasteiger partial charge is 0.321 e. The van der Waals surface area contributed by atoms with Crippen molar-refractivity contribution in [2.24, 2.45) is 0 Å². The van der Waals surface area contributed by atoms with E-state index in [1.165, 1.54) is 18.7 Å². The van der Waals surface area contributed by atoms with Crippen molar-refractivity contribution in [3.8, 4) is 0 Å². The van der Waals surface area contributed by atoms with Crippen LogP contribution in [0.2, 0.25) is 0 Å². The minimum absolute atomic E-state index is 0.0123. The van der Waals surface area contributed by atoms with E-state index in [0.717, 1.165) is 10.5 Å². The summed E-state index contributed by atoms with van der Waals surface area (Å²) in [5, 5.41) is 0. The lowest BCUT2D eigenvalue weighted by Crippen LogP contribution is -2.32. The number of imidazole rings is 1. The summed E-state index contributed by atoms with van der Waals surface area (Å²) in [7, 11) is 0. The van der Waals surface area contributed by atoms with Crippen LogP contribution in [0.5, 0.6) is 0 Å². The first-order valence-electron chi connectivity index (χ1n) is 7.85. The van der Waals surface area contributed by atoms with E-state index in [1.54, 1.807) is 17.1 Å². The summed E-state index contributed by atoms with van der Waals surface area (Å²) in [6.45, 7) is 8.14. The monoisotopic (exact) mass is 347 g/mol. The SMILES string of the molecule is CCOC(=O)C(C)(C)Sc1ccc(C[n+]2ccn(C(C)=O)c2)cc1. The lowest BCUT2D eigenvalue weighted by atomic mass is 10.2. The molecule has 0 spiro atoms. The molecule has 0 saturated carbocycles. The second-order valence-corrected chi connectivity index (χ2v) is 7.69. The molecule has 2 aromatic rings. The van der Waals surface area contributed by atoms with Gasteiger partial charge in [-0.2, -0.15) is 4.57 Å². The zero-order valence-corrected chi connectivity index (χ0v) is 15.3. The van der Waals surface area contributed by atoms with Crippen LogP contribution in [0.15, 0.2) is 47.9 Å². The third kappa shape index (κ3) is 4.71. The number of esters is 1. The van der Waals surface area contributed by atoms with Crippen LogP contribution in [-0.2, 0) is 16.1 Å². The van der Waals surface area contributed by atoms with Crippen molar-refractivity contribution in [3.63, 3.8) is 0 Å². The molecule has 128 valence electrons. The van der Waals surface area contributed by atoms with E-state index in [0.29, 0.717) is 13.2 Å². The Morgan fingerprint density at radius 1 is 1.25 bits per heavy atom. The van der Waals surface area contributed by atoms with Crippen LogP contribution < -0.4 is 4.57 Å². The first-order chi connectivity index (χ1) is 11.3. The minimum atomic E-state index is -0.620. The molecule has 0 bridgehead atoms. The molecule has 0 aliphatic heterocycles. The Balaban J connectivity index is 2.02. The Hall–Kier alpha value is -2.08. The van der Waals surface area contributed by atoms with Crippen molar-refractivity contribution >= 4 is 23.6 Å². The van der Waals surface area contributed by atoms with Gasteiger partial charge in [-0.1, -0.05) is 12.1 Å². The number of ether oxygens (including phenoxy) is 1. The van der Waals surface area contributed by atoms with E-state index in [4.69, 9.17) is 4.74 Å². The van der Waals surface area contributed by atoms with Gasteiger partial charge in [0.25, 0.3) is 6.33 Å². The number of rotatable bonds is 6. The summed E-state index contributed by atoms with van der Waals surface area (Å²) in [5.74, 6) is -0.220. The molecule has 1 heterocycles. The standard InChI is InChI=1S/C18H23N2O3S/c1-5-23-17(22)18(3,4)24-16-8-6-15(7-9-16)12-19-10-11-20(13-19)14(2)21/h6-11,13H,5,12H2,1-4H3/q+1. The molecule has 5 nitrogen and oxygen atoms in total. The fourth-order valence-electron chi connectivity index (χ4n) is 2.19. The van der Waals surface area contributed by atoms with Crippen LogP contribution in [0, 0.1) is 0 Å². The van der Waals surface area contributed by atoms with Gasteiger partial charge in [0.2, 0.25) is 0 Å². The molecular formula is C18H23N2O3S+. The Kier molecular flexibility index (Phi) is 5.83. The first kappa shape index (κ1) is 18.3. The lowest BCUT2D eigenvalue weighted by molar-refractivity contribution is -0.687. The predicted molar refractivity (Wildman–Crippen MR) is 93.0 cm³/mol. The zero-order chi connectivity index (χ0) is 17.7. The normalized spacial score (nSPS) is 11.3. The molecule has 0 N–H and O–H groups in total. The highest BCUT2D eigenvalue weighted by molar-refractivity contribution is 8.01. The number of hydrogen-bond acceptors (Lipinski definition) is 4. The maximum absolute atomic E-state index is 12.0.